The minimum absolute atomic E-state index is 0.0397. The molecule has 4 heterocycles. The third-order valence-electron chi connectivity index (χ3n) is 8.73. The number of alkyl halides is 3. The third-order valence-corrected chi connectivity index (χ3v) is 8.73. The zero-order valence-electron chi connectivity index (χ0n) is 27.1. The lowest BCUT2D eigenvalue weighted by Crippen LogP contribution is -2.48. The number of benzene rings is 3. The Morgan fingerprint density at radius 1 is 0.920 bits per heavy atom. The Morgan fingerprint density at radius 3 is 2.46 bits per heavy atom. The number of halogens is 3. The number of hydrogen-bond donors (Lipinski definition) is 1. The van der Waals surface area contributed by atoms with Crippen molar-refractivity contribution < 1.29 is 41.7 Å². The molecule has 1 N–H and O–H groups in total. The van der Waals surface area contributed by atoms with Gasteiger partial charge < -0.3 is 33.7 Å². The Labute approximate surface area is 284 Å². The lowest BCUT2D eigenvalue weighted by molar-refractivity contribution is -0.137. The Morgan fingerprint density at radius 2 is 1.72 bits per heavy atom. The van der Waals surface area contributed by atoms with Gasteiger partial charge in [-0.15, -0.1) is 0 Å². The molecule has 1 fully saturated rings. The molecule has 2 aromatic heterocycles. The highest BCUT2D eigenvalue weighted by atomic mass is 19.4. The topological polar surface area (TPSA) is 107 Å². The van der Waals surface area contributed by atoms with Crippen LogP contribution in [0.5, 0.6) is 28.9 Å². The van der Waals surface area contributed by atoms with E-state index in [0.717, 1.165) is 65.8 Å². The minimum Gasteiger partial charge on any atom is -0.496 e. The molecule has 0 aliphatic carbocycles. The van der Waals surface area contributed by atoms with Crippen LogP contribution in [0.3, 0.4) is 0 Å². The average molecular weight is 688 g/mol. The van der Waals surface area contributed by atoms with Crippen molar-refractivity contribution in [1.82, 2.24) is 19.4 Å². The number of fused-ring (bicyclic) bond motifs is 2. The van der Waals surface area contributed by atoms with E-state index in [1.54, 1.807) is 18.2 Å². The Balaban J connectivity index is 0.964. The van der Waals surface area contributed by atoms with Crippen LogP contribution in [-0.4, -0.2) is 71.2 Å². The van der Waals surface area contributed by atoms with Gasteiger partial charge >= 0.3 is 6.18 Å². The number of piperazine rings is 1. The van der Waals surface area contributed by atoms with Gasteiger partial charge in [-0.1, -0.05) is 6.07 Å². The van der Waals surface area contributed by atoms with E-state index >= 15 is 0 Å². The summed E-state index contributed by atoms with van der Waals surface area (Å²) in [5, 5.41) is 3.43. The number of carbonyl (C=O) groups is 2. The van der Waals surface area contributed by atoms with E-state index in [-0.39, 0.29) is 29.9 Å². The quantitative estimate of drug-likeness (QED) is 0.202. The fraction of sp³-hybridized carbons (Fsp3) is 0.250. The van der Waals surface area contributed by atoms with Gasteiger partial charge in [0, 0.05) is 56.7 Å². The van der Waals surface area contributed by atoms with Crippen molar-refractivity contribution in [1.29, 1.82) is 0 Å². The first-order valence-electron chi connectivity index (χ1n) is 15.8. The molecule has 7 rings (SSSR count). The largest absolute Gasteiger partial charge is 0.496 e. The van der Waals surface area contributed by atoms with Gasteiger partial charge in [0.1, 0.15) is 17.2 Å². The van der Waals surface area contributed by atoms with Crippen molar-refractivity contribution in [2.75, 3.05) is 45.4 Å². The third kappa shape index (κ3) is 6.74. The normalized spacial score (nSPS) is 14.5. The first kappa shape index (κ1) is 32.8. The van der Waals surface area contributed by atoms with Crippen LogP contribution in [0.4, 0.5) is 18.9 Å². The van der Waals surface area contributed by atoms with E-state index in [1.165, 1.54) is 13.3 Å². The van der Waals surface area contributed by atoms with Crippen LogP contribution < -0.4 is 24.3 Å². The Kier molecular flexibility index (Phi) is 8.70. The highest BCUT2D eigenvalue weighted by Crippen LogP contribution is 2.35. The molecule has 14 heteroatoms. The fourth-order valence-electron chi connectivity index (χ4n) is 6.05. The molecule has 0 radical (unpaired) electrons. The van der Waals surface area contributed by atoms with Gasteiger partial charge in [0.05, 0.1) is 30.1 Å². The lowest BCUT2D eigenvalue weighted by atomic mass is 10.1. The summed E-state index contributed by atoms with van der Waals surface area (Å²) in [7, 11) is 3.05. The van der Waals surface area contributed by atoms with Gasteiger partial charge in [-0.3, -0.25) is 14.5 Å². The van der Waals surface area contributed by atoms with Crippen LogP contribution in [0.1, 0.15) is 32.0 Å². The number of aromatic nitrogens is 2. The van der Waals surface area contributed by atoms with Gasteiger partial charge in [-0.05, 0) is 66.2 Å². The number of hydrogen-bond acceptors (Lipinski definition) is 8. The highest BCUT2D eigenvalue weighted by molar-refractivity contribution is 6.06. The Bertz CT molecular complexity index is 2070. The second kappa shape index (κ2) is 13.3. The molecule has 5 aromatic rings. The summed E-state index contributed by atoms with van der Waals surface area (Å²) < 4.78 is 62.9. The van der Waals surface area contributed by atoms with Crippen LogP contribution in [0.15, 0.2) is 79.0 Å². The number of methoxy groups -OCH3 is 1. The number of anilines is 1. The second-order valence-electron chi connectivity index (χ2n) is 11.9. The number of pyridine rings is 1. The van der Waals surface area contributed by atoms with E-state index in [4.69, 9.17) is 18.9 Å². The number of amides is 2. The zero-order chi connectivity index (χ0) is 35.0. The van der Waals surface area contributed by atoms with Crippen LogP contribution >= 0.6 is 0 Å². The monoisotopic (exact) mass is 687 g/mol. The van der Waals surface area contributed by atoms with Crippen molar-refractivity contribution >= 4 is 28.4 Å². The molecule has 3 aromatic carbocycles. The summed E-state index contributed by atoms with van der Waals surface area (Å²) in [5.41, 5.74) is 1.90. The van der Waals surface area contributed by atoms with Crippen LogP contribution in [-0.2, 0) is 19.8 Å². The van der Waals surface area contributed by atoms with Crippen molar-refractivity contribution in [3.05, 3.63) is 101 Å². The maximum absolute atomic E-state index is 13.6. The predicted octanol–water partition coefficient (Wildman–Crippen LogP) is 6.33. The number of aryl methyl sites for hydroxylation is 1. The van der Waals surface area contributed by atoms with Crippen molar-refractivity contribution in [3.8, 4) is 28.9 Å². The minimum atomic E-state index is -4.57. The maximum atomic E-state index is 13.6. The zero-order valence-corrected chi connectivity index (χ0v) is 27.1. The van der Waals surface area contributed by atoms with Gasteiger partial charge in [-0.2, -0.15) is 13.2 Å². The number of rotatable bonds is 8. The first-order valence-corrected chi connectivity index (χ1v) is 15.8. The molecule has 11 nitrogen and oxygen atoms in total. The van der Waals surface area contributed by atoms with Crippen molar-refractivity contribution in [3.63, 3.8) is 0 Å². The molecule has 0 spiro atoms. The molecular weight excluding hydrogens is 655 g/mol. The molecule has 0 unspecified atom stereocenters. The van der Waals surface area contributed by atoms with Crippen LogP contribution in [0, 0.1) is 0 Å². The fourth-order valence-corrected chi connectivity index (χ4v) is 6.05. The predicted molar refractivity (Wildman–Crippen MR) is 177 cm³/mol. The van der Waals surface area contributed by atoms with E-state index in [2.05, 4.69) is 15.2 Å². The second-order valence-corrected chi connectivity index (χ2v) is 11.9. The molecular formula is C36H32F3N5O6. The maximum Gasteiger partial charge on any atom is 0.416 e. The Hall–Kier alpha value is -5.76. The lowest BCUT2D eigenvalue weighted by Gasteiger charge is -2.34. The molecule has 50 heavy (non-hydrogen) atoms. The van der Waals surface area contributed by atoms with Gasteiger partial charge in [0.15, 0.2) is 11.5 Å². The highest BCUT2D eigenvalue weighted by Gasteiger charge is 2.32. The molecule has 0 atom stereocenters. The van der Waals surface area contributed by atoms with E-state index in [1.807, 2.05) is 52.9 Å². The smallest absolute Gasteiger partial charge is 0.416 e. The summed E-state index contributed by atoms with van der Waals surface area (Å²) in [6.07, 6.45) is -3.20. The van der Waals surface area contributed by atoms with E-state index < -0.39 is 17.6 Å². The van der Waals surface area contributed by atoms with E-state index in [0.29, 0.717) is 30.2 Å². The first-order chi connectivity index (χ1) is 24.1. The van der Waals surface area contributed by atoms with Crippen LogP contribution in [0.25, 0.3) is 10.9 Å². The molecule has 0 bridgehead atoms. The van der Waals surface area contributed by atoms with Gasteiger partial charge in [0.25, 0.3) is 11.8 Å². The molecule has 0 saturated carbocycles. The summed E-state index contributed by atoms with van der Waals surface area (Å²) in [6.45, 7) is 3.73. The van der Waals surface area contributed by atoms with Crippen LogP contribution in [0.2, 0.25) is 0 Å². The summed E-state index contributed by atoms with van der Waals surface area (Å²) in [5.74, 6) is 1.37. The molecule has 2 amide bonds. The molecule has 2 aliphatic rings. The number of ether oxygens (including phenoxy) is 4. The van der Waals surface area contributed by atoms with Crippen molar-refractivity contribution in [2.24, 2.45) is 7.05 Å². The summed E-state index contributed by atoms with van der Waals surface area (Å²) in [6, 6.07) is 19.1. The molecule has 258 valence electrons. The number of carbonyl (C=O) groups excluding carboxylic acids is 2. The standard InChI is InChI=1S/C36H32F3N5O6/c1-42-28-8-6-26(50-33-10-5-25(19-40-33)41-34(45)27-7-4-24(36(37,38)39)18-31(27)47-2)16-23(28)17-29(42)35(46)44-13-11-43(12-14-44)20-22-3-9-30-32(15-22)49-21-48-30/h3-10,15-19H,11-14,20-21H2,1-2H3,(H,41,45). The van der Waals surface area contributed by atoms with Crippen molar-refractivity contribution in [2.45, 2.75) is 12.7 Å². The number of nitrogens with one attached hydrogen (secondary N) is 1. The van der Waals surface area contributed by atoms with Gasteiger partial charge in [-0.25, -0.2) is 4.98 Å². The van der Waals surface area contributed by atoms with Gasteiger partial charge in [0.2, 0.25) is 12.7 Å². The summed E-state index contributed by atoms with van der Waals surface area (Å²) in [4.78, 5) is 34.8. The molecule has 1 saturated heterocycles. The summed E-state index contributed by atoms with van der Waals surface area (Å²) >= 11 is 0. The van der Waals surface area contributed by atoms with E-state index in [9.17, 15) is 22.8 Å². The SMILES string of the molecule is COc1cc(C(F)(F)F)ccc1C(=O)Nc1ccc(Oc2ccc3c(c2)cc(C(=O)N2CCN(Cc4ccc5c(c4)OCO5)CC2)n3C)nc1. The number of nitrogens with zero attached hydrogens (tertiary/aromatic N) is 4. The average Bonchev–Trinajstić information content (AvgIpc) is 3.72. The molecule has 2 aliphatic heterocycles.